The van der Waals surface area contributed by atoms with Crippen LogP contribution in [0, 0.1) is 6.92 Å². The minimum absolute atomic E-state index is 0.149. The highest BCUT2D eigenvalue weighted by Gasteiger charge is 2.12. The van der Waals surface area contributed by atoms with Gasteiger partial charge < -0.3 is 11.1 Å². The summed E-state index contributed by atoms with van der Waals surface area (Å²) in [4.78, 5) is 11.6. The van der Waals surface area contributed by atoms with Crippen LogP contribution in [0.2, 0.25) is 0 Å². The third-order valence-corrected chi connectivity index (χ3v) is 2.85. The summed E-state index contributed by atoms with van der Waals surface area (Å²) in [6, 6.07) is 5.34. The molecular weight excluding hydrogens is 256 g/mol. The number of benzene rings is 1. The van der Waals surface area contributed by atoms with Crippen LogP contribution >= 0.6 is 15.9 Å². The lowest BCUT2D eigenvalue weighted by Crippen LogP contribution is -2.34. The Morgan fingerprint density at radius 1 is 1.60 bits per heavy atom. The van der Waals surface area contributed by atoms with E-state index in [1.807, 2.05) is 32.0 Å². The van der Waals surface area contributed by atoms with Crippen molar-refractivity contribution < 1.29 is 4.79 Å². The molecule has 0 fully saturated rings. The number of amides is 1. The lowest BCUT2D eigenvalue weighted by molar-refractivity contribution is -0.117. The molecule has 0 aliphatic rings. The average molecular weight is 271 g/mol. The van der Waals surface area contributed by atoms with Gasteiger partial charge >= 0.3 is 0 Å². The summed E-state index contributed by atoms with van der Waals surface area (Å²) in [7, 11) is 0. The Balaban J connectivity index is 2.80. The fraction of sp³-hybridized carbons (Fsp3) is 0.364. The Morgan fingerprint density at radius 3 is 2.87 bits per heavy atom. The number of rotatable bonds is 3. The van der Waals surface area contributed by atoms with Crippen molar-refractivity contribution in [2.24, 2.45) is 5.73 Å². The van der Waals surface area contributed by atoms with Crippen molar-refractivity contribution in [3.63, 3.8) is 0 Å². The number of nitrogens with two attached hydrogens (primary N) is 1. The van der Waals surface area contributed by atoms with Crippen molar-refractivity contribution in [2.75, 3.05) is 5.32 Å². The predicted octanol–water partition coefficient (Wildman–Crippen LogP) is 2.43. The largest absolute Gasteiger partial charge is 0.324 e. The molecule has 0 unspecified atom stereocenters. The molecule has 1 aromatic carbocycles. The normalized spacial score (nSPS) is 12.3. The molecule has 1 aromatic rings. The van der Waals surface area contributed by atoms with E-state index in [9.17, 15) is 4.79 Å². The molecule has 0 heterocycles. The smallest absolute Gasteiger partial charge is 0.241 e. The molecule has 0 saturated heterocycles. The second-order valence-electron chi connectivity index (χ2n) is 3.49. The molecule has 0 spiro atoms. The first-order valence-electron chi connectivity index (χ1n) is 4.87. The van der Waals surface area contributed by atoms with Gasteiger partial charge in [0.25, 0.3) is 0 Å². The van der Waals surface area contributed by atoms with Crippen LogP contribution in [0.4, 0.5) is 5.69 Å². The minimum Gasteiger partial charge on any atom is -0.324 e. The molecule has 0 aromatic heterocycles. The SMILES string of the molecule is CC[C@@H](N)C(=O)Nc1cc(C)ccc1Br. The number of hydrogen-bond donors (Lipinski definition) is 2. The fourth-order valence-electron chi connectivity index (χ4n) is 1.15. The van der Waals surface area contributed by atoms with E-state index < -0.39 is 6.04 Å². The maximum atomic E-state index is 11.6. The van der Waals surface area contributed by atoms with Gasteiger partial charge in [0.15, 0.2) is 0 Å². The monoisotopic (exact) mass is 270 g/mol. The van der Waals surface area contributed by atoms with Crippen LogP contribution < -0.4 is 11.1 Å². The third kappa shape index (κ3) is 3.32. The van der Waals surface area contributed by atoms with Crippen molar-refractivity contribution >= 4 is 27.5 Å². The number of anilines is 1. The van der Waals surface area contributed by atoms with Gasteiger partial charge in [-0.1, -0.05) is 13.0 Å². The van der Waals surface area contributed by atoms with Gasteiger partial charge in [-0.2, -0.15) is 0 Å². The summed E-state index contributed by atoms with van der Waals surface area (Å²) >= 11 is 3.37. The van der Waals surface area contributed by atoms with Crippen LogP contribution in [0.1, 0.15) is 18.9 Å². The van der Waals surface area contributed by atoms with Crippen molar-refractivity contribution in [2.45, 2.75) is 26.3 Å². The molecule has 0 aliphatic heterocycles. The van der Waals surface area contributed by atoms with Gasteiger partial charge in [0.2, 0.25) is 5.91 Å². The molecule has 3 nitrogen and oxygen atoms in total. The maximum absolute atomic E-state index is 11.6. The summed E-state index contributed by atoms with van der Waals surface area (Å²) < 4.78 is 0.866. The van der Waals surface area contributed by atoms with Crippen LogP contribution in [0.5, 0.6) is 0 Å². The van der Waals surface area contributed by atoms with Crippen molar-refractivity contribution in [3.05, 3.63) is 28.2 Å². The van der Waals surface area contributed by atoms with Gasteiger partial charge in [0.05, 0.1) is 11.7 Å². The molecule has 1 rings (SSSR count). The van der Waals surface area contributed by atoms with Gasteiger partial charge in [0, 0.05) is 4.47 Å². The van der Waals surface area contributed by atoms with Gasteiger partial charge in [0.1, 0.15) is 0 Å². The average Bonchev–Trinajstić information content (AvgIpc) is 2.22. The molecule has 0 aliphatic carbocycles. The van der Waals surface area contributed by atoms with Crippen LogP contribution in [-0.2, 0) is 4.79 Å². The highest BCUT2D eigenvalue weighted by Crippen LogP contribution is 2.23. The summed E-state index contributed by atoms with van der Waals surface area (Å²) in [6.07, 6.45) is 0.634. The Bertz CT molecular complexity index is 366. The van der Waals surface area contributed by atoms with Crippen molar-refractivity contribution in [1.29, 1.82) is 0 Å². The summed E-state index contributed by atoms with van der Waals surface area (Å²) in [5.41, 5.74) is 7.49. The standard InChI is InChI=1S/C11H15BrN2O/c1-3-9(13)11(15)14-10-6-7(2)4-5-8(10)12/h4-6,9H,3,13H2,1-2H3,(H,14,15)/t9-/m1/s1. The zero-order valence-corrected chi connectivity index (χ0v) is 10.5. The maximum Gasteiger partial charge on any atom is 0.241 e. The van der Waals surface area contributed by atoms with E-state index in [2.05, 4.69) is 21.2 Å². The Labute approximate surface area is 98.2 Å². The third-order valence-electron chi connectivity index (χ3n) is 2.16. The second-order valence-corrected chi connectivity index (χ2v) is 4.34. The van der Waals surface area contributed by atoms with E-state index in [0.717, 1.165) is 15.7 Å². The molecule has 0 bridgehead atoms. The van der Waals surface area contributed by atoms with Crippen LogP contribution in [0.15, 0.2) is 22.7 Å². The highest BCUT2D eigenvalue weighted by molar-refractivity contribution is 9.10. The topological polar surface area (TPSA) is 55.1 Å². The molecule has 3 N–H and O–H groups in total. The van der Waals surface area contributed by atoms with Crippen LogP contribution in [0.3, 0.4) is 0 Å². The first-order valence-corrected chi connectivity index (χ1v) is 5.66. The lowest BCUT2D eigenvalue weighted by atomic mass is 10.2. The van der Waals surface area contributed by atoms with Crippen LogP contribution in [0.25, 0.3) is 0 Å². The summed E-state index contributed by atoms with van der Waals surface area (Å²) in [5, 5.41) is 2.79. The van der Waals surface area contributed by atoms with E-state index in [0.29, 0.717) is 6.42 Å². The van der Waals surface area contributed by atoms with Crippen molar-refractivity contribution in [3.8, 4) is 0 Å². The van der Waals surface area contributed by atoms with E-state index in [1.165, 1.54) is 0 Å². The molecule has 1 atom stereocenters. The molecule has 0 saturated carbocycles. The number of nitrogens with one attached hydrogen (secondary N) is 1. The first kappa shape index (κ1) is 12.2. The lowest BCUT2D eigenvalue weighted by Gasteiger charge is -2.11. The van der Waals surface area contributed by atoms with Gasteiger partial charge in [-0.15, -0.1) is 0 Å². The zero-order valence-electron chi connectivity index (χ0n) is 8.88. The number of carbonyl (C=O) groups is 1. The number of aryl methyl sites for hydroxylation is 1. The van der Waals surface area contributed by atoms with Crippen LogP contribution in [-0.4, -0.2) is 11.9 Å². The van der Waals surface area contributed by atoms with Gasteiger partial charge in [-0.3, -0.25) is 4.79 Å². The van der Waals surface area contributed by atoms with Gasteiger partial charge in [-0.05, 0) is 47.0 Å². The minimum atomic E-state index is -0.447. The van der Waals surface area contributed by atoms with E-state index in [1.54, 1.807) is 0 Å². The fourth-order valence-corrected chi connectivity index (χ4v) is 1.49. The summed E-state index contributed by atoms with van der Waals surface area (Å²) in [5.74, 6) is -0.149. The molecular formula is C11H15BrN2O. The number of carbonyl (C=O) groups excluding carboxylic acids is 1. The zero-order chi connectivity index (χ0) is 11.4. The van der Waals surface area contributed by atoms with Crippen molar-refractivity contribution in [1.82, 2.24) is 0 Å². The Hall–Kier alpha value is -0.870. The van der Waals surface area contributed by atoms with E-state index in [4.69, 9.17) is 5.73 Å². The van der Waals surface area contributed by atoms with E-state index >= 15 is 0 Å². The number of halogens is 1. The Kier molecular flexibility index (Phi) is 4.29. The van der Waals surface area contributed by atoms with Gasteiger partial charge in [-0.25, -0.2) is 0 Å². The molecule has 4 heteroatoms. The molecule has 1 amide bonds. The van der Waals surface area contributed by atoms with E-state index in [-0.39, 0.29) is 5.91 Å². The molecule has 82 valence electrons. The first-order chi connectivity index (χ1) is 7.04. The summed E-state index contributed by atoms with van der Waals surface area (Å²) in [6.45, 7) is 3.86. The molecule has 0 radical (unpaired) electrons. The quantitative estimate of drug-likeness (QED) is 0.887. The molecule has 15 heavy (non-hydrogen) atoms. The number of hydrogen-bond acceptors (Lipinski definition) is 2. The second kappa shape index (κ2) is 5.28. The highest BCUT2D eigenvalue weighted by atomic mass is 79.9. The predicted molar refractivity (Wildman–Crippen MR) is 65.8 cm³/mol. The Morgan fingerprint density at radius 2 is 2.27 bits per heavy atom.